The van der Waals surface area contributed by atoms with Crippen LogP contribution in [0.15, 0.2) is 368 Å². The van der Waals surface area contributed by atoms with Crippen LogP contribution < -0.4 is 62.8 Å². The van der Waals surface area contributed by atoms with Gasteiger partial charge in [0, 0.05) is 26.9 Å². The summed E-state index contributed by atoms with van der Waals surface area (Å²) in [6.07, 6.45) is 0. The lowest BCUT2D eigenvalue weighted by atomic mass is 9.35. The van der Waals surface area contributed by atoms with Crippen molar-refractivity contribution in [1.29, 1.82) is 0 Å². The first kappa shape index (κ1) is 52.4. The predicted octanol–water partition coefficient (Wildman–Crippen LogP) is 15.2. The smallest absolute Gasteiger partial charge is 0.249 e. The Balaban J connectivity index is 1.04. The van der Waals surface area contributed by atoms with Crippen molar-refractivity contribution in [3.8, 4) is 44.5 Å². The molecule has 0 unspecified atom stereocenters. The molecule has 0 aliphatic carbocycles. The highest BCUT2D eigenvalue weighted by molar-refractivity contribution is 8.00. The number of benzene rings is 14. The Morgan fingerprint density at radius 3 is 1.22 bits per heavy atom. The van der Waals surface area contributed by atoms with Crippen molar-refractivity contribution in [2.24, 2.45) is 0 Å². The highest BCUT2D eigenvalue weighted by atomic mass is 32.2. The molecule has 0 aromatic heterocycles. The molecular weight excluding hydrogens is 1170 g/mol. The third-order valence-electron chi connectivity index (χ3n) is 19.2. The summed E-state index contributed by atoms with van der Waals surface area (Å²) in [5, 5.41) is 10.1. The van der Waals surface area contributed by atoms with E-state index in [4.69, 9.17) is 4.11 Å². The lowest BCUT2D eigenvalue weighted by Gasteiger charge is -2.43. The lowest BCUT2D eigenvalue weighted by Crippen LogP contribution is -2.75. The van der Waals surface area contributed by atoms with Crippen molar-refractivity contribution >= 4 is 110 Å². The summed E-state index contributed by atoms with van der Waals surface area (Å²) in [6.45, 7) is 6.61. The molecule has 5 heteroatoms. The van der Waals surface area contributed by atoms with E-state index in [0.717, 1.165) is 49.7 Å². The summed E-state index contributed by atoms with van der Waals surface area (Å²) in [6, 6.07) is 120. The average molecular weight is 1240 g/mol. The van der Waals surface area contributed by atoms with E-state index in [2.05, 4.69) is 329 Å². The minimum Gasteiger partial charge on any atom is -0.311 e. The fourth-order valence-electron chi connectivity index (χ4n) is 14.9. The van der Waals surface area contributed by atoms with Crippen LogP contribution in [0.1, 0.15) is 33.2 Å². The second kappa shape index (κ2) is 24.1. The molecule has 2 heterocycles. The molecule has 1 nitrogen and oxygen atoms in total. The predicted molar refractivity (Wildman–Crippen MR) is 404 cm³/mol. The Morgan fingerprint density at radius 2 is 0.720 bits per heavy atom. The molecule has 2 aliphatic heterocycles. The second-order valence-electron chi connectivity index (χ2n) is 25.5. The van der Waals surface area contributed by atoms with E-state index in [1.807, 2.05) is 36.0 Å². The zero-order valence-corrected chi connectivity index (χ0v) is 54.9. The van der Waals surface area contributed by atoms with Crippen LogP contribution in [0.5, 0.6) is 0 Å². The molecule has 16 rings (SSSR count). The molecule has 2 aliphatic rings. The first-order valence-corrected chi connectivity index (χ1v) is 36.9. The summed E-state index contributed by atoms with van der Waals surface area (Å²) in [7, 11) is -6.60. The SMILES string of the molecule is [2H]c1c([2H])c([2H])c(-c2cc(-c3ccccc3)cc(N3c4cc(C(C)(C)C)ccc4B4c5ccc([Si](c6ccccc6)(c6ccccc6)c6cccc(-c7ccccc7)c6)cc5Sc5cc([Si](c6ccccc6)(c6ccccc6)c6cccc(-c7ccccc7)c6)cc3c54)c2)c([2H])c1[2H]. The maximum atomic E-state index is 9.53. The quantitative estimate of drug-likeness (QED) is 0.0836. The van der Waals surface area contributed by atoms with Crippen molar-refractivity contribution in [2.45, 2.75) is 36.0 Å². The van der Waals surface area contributed by atoms with Crippen LogP contribution in [0.25, 0.3) is 44.5 Å². The summed E-state index contributed by atoms with van der Waals surface area (Å²) >= 11 is 1.88. The Bertz CT molecular complexity index is 5250. The van der Waals surface area contributed by atoms with Gasteiger partial charge < -0.3 is 4.90 Å². The van der Waals surface area contributed by atoms with Crippen LogP contribution in [0.3, 0.4) is 0 Å². The van der Waals surface area contributed by atoms with E-state index in [-0.39, 0.29) is 41.9 Å². The van der Waals surface area contributed by atoms with Crippen LogP contribution in [0, 0.1) is 0 Å². The van der Waals surface area contributed by atoms with Crippen LogP contribution in [0.2, 0.25) is 0 Å². The van der Waals surface area contributed by atoms with Gasteiger partial charge in [0.2, 0.25) is 6.71 Å². The van der Waals surface area contributed by atoms with Gasteiger partial charge in [-0.25, -0.2) is 0 Å². The van der Waals surface area contributed by atoms with Gasteiger partial charge in [-0.2, -0.15) is 0 Å². The fourth-order valence-corrected chi connectivity index (χ4v) is 26.0. The molecule has 0 atom stereocenters. The van der Waals surface area contributed by atoms with E-state index < -0.39 is 22.2 Å². The van der Waals surface area contributed by atoms with Crippen molar-refractivity contribution in [3.05, 3.63) is 363 Å². The lowest BCUT2D eigenvalue weighted by molar-refractivity contribution is 0.590. The molecule has 0 bridgehead atoms. The van der Waals surface area contributed by atoms with Crippen molar-refractivity contribution in [2.75, 3.05) is 4.90 Å². The normalized spacial score (nSPS) is 13.3. The van der Waals surface area contributed by atoms with Crippen LogP contribution in [-0.2, 0) is 5.41 Å². The maximum Gasteiger partial charge on any atom is 0.249 e. The van der Waals surface area contributed by atoms with Gasteiger partial charge >= 0.3 is 0 Å². The molecule has 0 N–H and O–H groups in total. The number of anilines is 3. The van der Waals surface area contributed by atoms with Gasteiger partial charge in [-0.1, -0.05) is 353 Å². The van der Waals surface area contributed by atoms with Crippen molar-refractivity contribution < 1.29 is 6.85 Å². The van der Waals surface area contributed by atoms with Crippen LogP contribution >= 0.6 is 11.8 Å². The van der Waals surface area contributed by atoms with E-state index in [9.17, 15) is 2.74 Å². The highest BCUT2D eigenvalue weighted by Gasteiger charge is 2.48. The van der Waals surface area contributed by atoms with Crippen molar-refractivity contribution in [3.63, 3.8) is 0 Å². The van der Waals surface area contributed by atoms with Gasteiger partial charge in [0.05, 0.1) is 6.85 Å². The molecule has 0 radical (unpaired) electrons. The number of hydrogen-bond acceptors (Lipinski definition) is 2. The minimum atomic E-state index is -3.43. The molecule has 14 aromatic carbocycles. The largest absolute Gasteiger partial charge is 0.311 e. The van der Waals surface area contributed by atoms with Gasteiger partial charge in [0.1, 0.15) is 0 Å². The summed E-state index contributed by atoms with van der Waals surface area (Å²) in [4.78, 5) is 4.83. The second-order valence-corrected chi connectivity index (χ2v) is 34.2. The Kier molecular flexibility index (Phi) is 13.6. The van der Waals surface area contributed by atoms with E-state index in [1.54, 1.807) is 0 Å². The number of nitrogens with zero attached hydrogens (tertiary/aromatic N) is 1. The molecule has 0 spiro atoms. The summed E-state index contributed by atoms with van der Waals surface area (Å²) in [5.74, 6) is 0. The zero-order valence-electron chi connectivity index (χ0n) is 57.1. The number of rotatable bonds is 13. The number of fused-ring (bicyclic) bond motifs is 4. The molecule has 93 heavy (non-hydrogen) atoms. The van der Waals surface area contributed by atoms with E-state index in [0.29, 0.717) is 5.56 Å². The maximum absolute atomic E-state index is 9.53. The van der Waals surface area contributed by atoms with Gasteiger partial charge in [-0.15, -0.1) is 0 Å². The summed E-state index contributed by atoms with van der Waals surface area (Å²) < 4.78 is 45.8. The first-order chi connectivity index (χ1) is 47.8. The number of hydrogen-bond donors (Lipinski definition) is 0. The van der Waals surface area contributed by atoms with Gasteiger partial charge in [-0.3, -0.25) is 0 Å². The molecule has 14 aromatic rings. The Hall–Kier alpha value is -10.3. The first-order valence-electron chi connectivity index (χ1n) is 34.6. The zero-order chi connectivity index (χ0) is 66.9. The monoisotopic (exact) mass is 1240 g/mol. The Labute approximate surface area is 561 Å². The minimum absolute atomic E-state index is 0.153. The molecule has 0 fully saturated rings. The molecule has 0 saturated heterocycles. The van der Waals surface area contributed by atoms with Crippen LogP contribution in [0.4, 0.5) is 17.1 Å². The third-order valence-corrected chi connectivity index (χ3v) is 29.8. The Morgan fingerprint density at radius 1 is 0.312 bits per heavy atom. The third kappa shape index (κ3) is 10.2. The van der Waals surface area contributed by atoms with E-state index >= 15 is 0 Å². The molecule has 0 amide bonds. The molecular formula is C88H68BNSSi2. The average Bonchev–Trinajstić information content (AvgIpc) is 0.686. The standard InChI is InChI=1S/C88H68BNSSi2/c1-88(2,3)71-50-52-81-83(59-71)90(72-55-69(65-34-16-6-17-35-65)54-70(56-72)66-36-18-7-19-37-66)84-60-80(93(75-44-24-10-25-45-75,76-46-26-11-27-47-76)78-49-29-39-68(58-78)64-32-14-5-15-33-64)62-86-87(84)89(81)82-53-51-79(61-85(82)91-86)92(73-40-20-8-21-41-73,74-42-22-9-23-43-74)77-48-28-38-67(57-77)63-30-12-4-13-31-63/h4-62H,1-3H3/i6D,16D,17D,34D,35D. The topological polar surface area (TPSA) is 3.24 Å². The fraction of sp³-hybridized carbons (Fsp3) is 0.0455. The van der Waals surface area contributed by atoms with Crippen molar-refractivity contribution in [1.82, 2.24) is 0 Å². The molecule has 442 valence electrons. The van der Waals surface area contributed by atoms with E-state index in [1.165, 1.54) is 74.0 Å². The van der Waals surface area contributed by atoms with Crippen LogP contribution in [-0.4, -0.2) is 22.9 Å². The molecule has 0 saturated carbocycles. The van der Waals surface area contributed by atoms with Gasteiger partial charge in [0.15, 0.2) is 16.1 Å². The highest BCUT2D eigenvalue weighted by Crippen LogP contribution is 2.45. The van der Waals surface area contributed by atoms with Gasteiger partial charge in [0.25, 0.3) is 0 Å². The van der Waals surface area contributed by atoms with Gasteiger partial charge in [-0.05, 0) is 150 Å². The summed E-state index contributed by atoms with van der Waals surface area (Å²) in [5.41, 5.74) is 14.4.